The van der Waals surface area contributed by atoms with E-state index in [1.807, 2.05) is 57.2 Å². The van der Waals surface area contributed by atoms with E-state index in [4.69, 9.17) is 0 Å². The Balaban J connectivity index is 1.56. The number of carbonyl (C=O) groups is 2. The zero-order valence-corrected chi connectivity index (χ0v) is 17.6. The Hall–Kier alpha value is -2.82. The number of amides is 2. The summed E-state index contributed by atoms with van der Waals surface area (Å²) in [7, 11) is 0. The highest BCUT2D eigenvalue weighted by atomic mass is 16.2. The van der Waals surface area contributed by atoms with E-state index in [-0.39, 0.29) is 18.4 Å². The van der Waals surface area contributed by atoms with Crippen LogP contribution in [0.1, 0.15) is 59.2 Å². The van der Waals surface area contributed by atoms with Gasteiger partial charge in [-0.05, 0) is 68.5 Å². The van der Waals surface area contributed by atoms with E-state index in [2.05, 4.69) is 16.0 Å². The lowest BCUT2D eigenvalue weighted by Gasteiger charge is -2.23. The Kier molecular flexibility index (Phi) is 6.91. The summed E-state index contributed by atoms with van der Waals surface area (Å²) < 4.78 is 0. The third kappa shape index (κ3) is 5.59. The maximum Gasteiger partial charge on any atom is 0.251 e. The fourth-order valence-electron chi connectivity index (χ4n) is 3.89. The normalized spacial score (nSPS) is 14.3. The molecule has 0 spiro atoms. The second-order valence-electron chi connectivity index (χ2n) is 8.01. The van der Waals surface area contributed by atoms with Crippen LogP contribution in [0.15, 0.2) is 36.4 Å². The molecule has 2 aromatic rings. The van der Waals surface area contributed by atoms with Crippen LogP contribution in [0.4, 0.5) is 11.4 Å². The minimum Gasteiger partial charge on any atom is -0.376 e. The molecule has 29 heavy (non-hydrogen) atoms. The van der Waals surface area contributed by atoms with Crippen molar-refractivity contribution >= 4 is 23.2 Å². The van der Waals surface area contributed by atoms with Gasteiger partial charge in [-0.1, -0.05) is 37.5 Å². The van der Waals surface area contributed by atoms with Gasteiger partial charge in [-0.3, -0.25) is 9.59 Å². The molecule has 3 N–H and O–H groups in total. The van der Waals surface area contributed by atoms with E-state index < -0.39 is 0 Å². The molecule has 5 heteroatoms. The second kappa shape index (κ2) is 9.59. The maximum absolute atomic E-state index is 12.5. The summed E-state index contributed by atoms with van der Waals surface area (Å²) in [6, 6.07) is 11.8. The monoisotopic (exact) mass is 393 g/mol. The highest BCUT2D eigenvalue weighted by Gasteiger charge is 2.17. The second-order valence-corrected chi connectivity index (χ2v) is 8.01. The molecule has 5 nitrogen and oxygen atoms in total. The van der Waals surface area contributed by atoms with Crippen molar-refractivity contribution in [3.63, 3.8) is 0 Å². The summed E-state index contributed by atoms with van der Waals surface area (Å²) in [5.74, 6) is -0.111. The summed E-state index contributed by atoms with van der Waals surface area (Å²) in [4.78, 5) is 24.9. The molecule has 2 amide bonds. The van der Waals surface area contributed by atoms with Gasteiger partial charge in [0.05, 0.1) is 6.54 Å². The first-order chi connectivity index (χ1) is 13.9. The highest BCUT2D eigenvalue weighted by Crippen LogP contribution is 2.21. The third-order valence-corrected chi connectivity index (χ3v) is 5.61. The van der Waals surface area contributed by atoms with E-state index in [9.17, 15) is 9.59 Å². The first-order valence-electron chi connectivity index (χ1n) is 10.5. The number of hydrogen-bond acceptors (Lipinski definition) is 3. The van der Waals surface area contributed by atoms with Crippen molar-refractivity contribution in [3.05, 3.63) is 58.7 Å². The Labute approximate surface area is 173 Å². The average molecular weight is 394 g/mol. The van der Waals surface area contributed by atoms with E-state index in [1.54, 1.807) is 0 Å². The van der Waals surface area contributed by atoms with Crippen molar-refractivity contribution in [2.45, 2.75) is 58.9 Å². The fraction of sp³-hybridized carbons (Fsp3) is 0.417. The van der Waals surface area contributed by atoms with E-state index in [0.717, 1.165) is 40.9 Å². The number of nitrogens with one attached hydrogen (secondary N) is 3. The van der Waals surface area contributed by atoms with E-state index in [1.165, 1.54) is 19.3 Å². The fourth-order valence-corrected chi connectivity index (χ4v) is 3.89. The van der Waals surface area contributed by atoms with Gasteiger partial charge in [0.25, 0.3) is 5.91 Å². The van der Waals surface area contributed by atoms with Crippen LogP contribution in [-0.2, 0) is 4.79 Å². The minimum atomic E-state index is -0.0964. The van der Waals surface area contributed by atoms with Crippen LogP contribution in [0.5, 0.6) is 0 Å². The lowest BCUT2D eigenvalue weighted by Crippen LogP contribution is -2.36. The molecule has 3 rings (SSSR count). The molecule has 1 fully saturated rings. The van der Waals surface area contributed by atoms with Crippen molar-refractivity contribution in [3.8, 4) is 0 Å². The highest BCUT2D eigenvalue weighted by molar-refractivity contribution is 5.96. The van der Waals surface area contributed by atoms with Gasteiger partial charge in [-0.2, -0.15) is 0 Å². The van der Waals surface area contributed by atoms with Gasteiger partial charge < -0.3 is 16.0 Å². The van der Waals surface area contributed by atoms with Crippen molar-refractivity contribution in [1.82, 2.24) is 5.32 Å². The summed E-state index contributed by atoms with van der Waals surface area (Å²) in [6.45, 7) is 6.08. The Morgan fingerprint density at radius 2 is 1.62 bits per heavy atom. The van der Waals surface area contributed by atoms with Crippen LogP contribution < -0.4 is 16.0 Å². The average Bonchev–Trinajstić information content (AvgIpc) is 2.70. The van der Waals surface area contributed by atoms with Crippen LogP contribution in [0.2, 0.25) is 0 Å². The van der Waals surface area contributed by atoms with Gasteiger partial charge in [-0.25, -0.2) is 0 Å². The van der Waals surface area contributed by atoms with Gasteiger partial charge in [0.15, 0.2) is 0 Å². The van der Waals surface area contributed by atoms with Crippen LogP contribution >= 0.6 is 0 Å². The molecule has 154 valence electrons. The van der Waals surface area contributed by atoms with E-state index in [0.29, 0.717) is 11.6 Å². The first-order valence-corrected chi connectivity index (χ1v) is 10.5. The third-order valence-electron chi connectivity index (χ3n) is 5.61. The topological polar surface area (TPSA) is 70.2 Å². The molecule has 2 aromatic carbocycles. The maximum atomic E-state index is 12.5. The van der Waals surface area contributed by atoms with Gasteiger partial charge in [-0.15, -0.1) is 0 Å². The van der Waals surface area contributed by atoms with Crippen LogP contribution in [-0.4, -0.2) is 24.4 Å². The molecule has 1 aliphatic rings. The van der Waals surface area contributed by atoms with Crippen LogP contribution in [0.3, 0.4) is 0 Å². The zero-order chi connectivity index (χ0) is 20.8. The number of carbonyl (C=O) groups excluding carboxylic acids is 2. The SMILES string of the molecule is Cc1cc(C(=O)NC2CCCCC2)ccc1NCC(=O)Nc1c(C)cccc1C. The molecular formula is C24H31N3O2. The predicted octanol–water partition coefficient (Wildman–Crippen LogP) is 4.72. The smallest absolute Gasteiger partial charge is 0.251 e. The van der Waals surface area contributed by atoms with Gasteiger partial charge >= 0.3 is 0 Å². The number of para-hydroxylation sites is 1. The van der Waals surface area contributed by atoms with Gasteiger partial charge in [0, 0.05) is 23.0 Å². The molecule has 0 bridgehead atoms. The quantitative estimate of drug-likeness (QED) is 0.665. The molecule has 0 radical (unpaired) electrons. The van der Waals surface area contributed by atoms with Gasteiger partial charge in [0.2, 0.25) is 5.91 Å². The molecule has 1 aliphatic carbocycles. The van der Waals surface area contributed by atoms with Crippen LogP contribution in [0.25, 0.3) is 0 Å². The Morgan fingerprint density at radius 1 is 0.931 bits per heavy atom. The predicted molar refractivity (Wildman–Crippen MR) is 119 cm³/mol. The largest absolute Gasteiger partial charge is 0.376 e. The minimum absolute atomic E-state index is 0.0145. The number of rotatable bonds is 6. The van der Waals surface area contributed by atoms with E-state index >= 15 is 0 Å². The number of benzene rings is 2. The molecule has 0 aliphatic heterocycles. The van der Waals surface area contributed by atoms with Crippen molar-refractivity contribution in [2.24, 2.45) is 0 Å². The summed E-state index contributed by atoms with van der Waals surface area (Å²) >= 11 is 0. The molecule has 0 unspecified atom stereocenters. The molecule has 0 atom stereocenters. The number of hydrogen-bond donors (Lipinski definition) is 3. The molecule has 0 aromatic heterocycles. The lowest BCUT2D eigenvalue weighted by atomic mass is 9.95. The first kappa shape index (κ1) is 20.9. The van der Waals surface area contributed by atoms with Crippen molar-refractivity contribution in [2.75, 3.05) is 17.2 Å². The zero-order valence-electron chi connectivity index (χ0n) is 17.6. The lowest BCUT2D eigenvalue weighted by molar-refractivity contribution is -0.114. The summed E-state index contributed by atoms with van der Waals surface area (Å²) in [5.41, 5.74) is 5.42. The molecule has 0 saturated heterocycles. The summed E-state index contributed by atoms with van der Waals surface area (Å²) in [6.07, 6.45) is 5.79. The number of aryl methyl sites for hydroxylation is 3. The summed E-state index contributed by atoms with van der Waals surface area (Å²) in [5, 5.41) is 9.30. The van der Waals surface area contributed by atoms with Gasteiger partial charge in [0.1, 0.15) is 0 Å². The van der Waals surface area contributed by atoms with Crippen LogP contribution in [0, 0.1) is 20.8 Å². The Bertz CT molecular complexity index is 865. The number of anilines is 2. The van der Waals surface area contributed by atoms with Crippen molar-refractivity contribution < 1.29 is 9.59 Å². The Morgan fingerprint density at radius 3 is 2.28 bits per heavy atom. The molecule has 0 heterocycles. The molecule has 1 saturated carbocycles. The standard InChI is InChI=1S/C24H31N3O2/c1-16-8-7-9-17(2)23(16)27-22(28)15-25-21-13-12-19(14-18(21)3)24(29)26-20-10-5-4-6-11-20/h7-9,12-14,20,25H,4-6,10-11,15H2,1-3H3,(H,26,29)(H,27,28). The molecular weight excluding hydrogens is 362 g/mol. The van der Waals surface area contributed by atoms with Crippen molar-refractivity contribution in [1.29, 1.82) is 0 Å².